The van der Waals surface area contributed by atoms with Crippen LogP contribution >= 0.6 is 11.3 Å². The Hall–Kier alpha value is -5.38. The molecule has 0 aliphatic heterocycles. The van der Waals surface area contributed by atoms with Gasteiger partial charge in [0.05, 0.1) is 26.8 Å². The molecule has 0 saturated heterocycles. The Morgan fingerprint density at radius 2 is 0.860 bits per heavy atom. The number of hydrogen-bond acceptors (Lipinski definition) is 1. The number of hydrogen-bond donors (Lipinski definition) is 0. The molecular formula is C40H24N2S. The zero-order valence-electron chi connectivity index (χ0n) is 23.2. The average molecular weight is 565 g/mol. The molecule has 7 aromatic carbocycles. The maximum Gasteiger partial charge on any atom is 0.0719 e. The first-order valence-electron chi connectivity index (χ1n) is 14.7. The van der Waals surface area contributed by atoms with Crippen LogP contribution in [0.5, 0.6) is 0 Å². The van der Waals surface area contributed by atoms with Gasteiger partial charge in [-0.25, -0.2) is 0 Å². The summed E-state index contributed by atoms with van der Waals surface area (Å²) in [4.78, 5) is 0. The van der Waals surface area contributed by atoms with Gasteiger partial charge in [0.25, 0.3) is 0 Å². The van der Waals surface area contributed by atoms with Crippen molar-refractivity contribution in [2.24, 2.45) is 0 Å². The van der Waals surface area contributed by atoms with Gasteiger partial charge >= 0.3 is 0 Å². The van der Waals surface area contributed by atoms with Crippen LogP contribution in [0.4, 0.5) is 0 Å². The smallest absolute Gasteiger partial charge is 0.0719 e. The van der Waals surface area contributed by atoms with E-state index in [0.717, 1.165) is 0 Å². The molecule has 0 unspecified atom stereocenters. The van der Waals surface area contributed by atoms with E-state index >= 15 is 0 Å². The second kappa shape index (κ2) is 8.57. The van der Waals surface area contributed by atoms with E-state index in [1.165, 1.54) is 85.9 Å². The van der Waals surface area contributed by atoms with Crippen molar-refractivity contribution in [1.29, 1.82) is 0 Å². The third-order valence-electron chi connectivity index (χ3n) is 9.08. The van der Waals surface area contributed by atoms with Gasteiger partial charge in [0.15, 0.2) is 0 Å². The molecule has 2 nitrogen and oxygen atoms in total. The first kappa shape index (κ1) is 23.2. The first-order chi connectivity index (χ1) is 21.3. The molecule has 0 saturated carbocycles. The minimum absolute atomic E-state index is 1.18. The van der Waals surface area contributed by atoms with Crippen molar-refractivity contribution in [1.82, 2.24) is 9.13 Å². The second-order valence-electron chi connectivity index (χ2n) is 11.4. The predicted molar refractivity (Wildman–Crippen MR) is 186 cm³/mol. The van der Waals surface area contributed by atoms with Crippen molar-refractivity contribution in [2.75, 3.05) is 0 Å². The molecule has 0 aliphatic carbocycles. The van der Waals surface area contributed by atoms with Crippen LogP contribution in [0.2, 0.25) is 0 Å². The van der Waals surface area contributed by atoms with E-state index < -0.39 is 0 Å². The number of nitrogens with zero attached hydrogens (tertiary/aromatic N) is 2. The van der Waals surface area contributed by atoms with E-state index in [1.807, 2.05) is 11.3 Å². The minimum atomic E-state index is 1.18. The molecule has 3 aromatic heterocycles. The summed E-state index contributed by atoms with van der Waals surface area (Å²) < 4.78 is 7.54. The third-order valence-corrected chi connectivity index (χ3v) is 10.3. The predicted octanol–water partition coefficient (Wildman–Crippen LogP) is 11.4. The lowest BCUT2D eigenvalue weighted by Crippen LogP contribution is -1.96. The minimum Gasteiger partial charge on any atom is -0.309 e. The molecule has 3 heteroatoms. The normalized spacial score (nSPS) is 12.2. The molecule has 43 heavy (non-hydrogen) atoms. The van der Waals surface area contributed by atoms with Crippen LogP contribution in [-0.2, 0) is 0 Å². The van der Waals surface area contributed by atoms with Gasteiger partial charge in [0.1, 0.15) is 0 Å². The van der Waals surface area contributed by atoms with E-state index in [2.05, 4.69) is 155 Å². The van der Waals surface area contributed by atoms with Gasteiger partial charge in [0, 0.05) is 48.4 Å². The number of rotatable bonds is 2. The highest BCUT2D eigenvalue weighted by Gasteiger charge is 2.18. The Morgan fingerprint density at radius 1 is 0.372 bits per heavy atom. The van der Waals surface area contributed by atoms with Gasteiger partial charge in [-0.15, -0.1) is 11.3 Å². The number of aromatic nitrogens is 2. The Morgan fingerprint density at radius 3 is 1.51 bits per heavy atom. The van der Waals surface area contributed by atoms with Crippen molar-refractivity contribution < 1.29 is 0 Å². The Bertz CT molecular complexity index is 2680. The first-order valence-corrected chi connectivity index (χ1v) is 15.5. The van der Waals surface area contributed by atoms with Gasteiger partial charge < -0.3 is 9.13 Å². The quantitative estimate of drug-likeness (QED) is 0.198. The maximum atomic E-state index is 2.47. The lowest BCUT2D eigenvalue weighted by molar-refractivity contribution is 1.18. The molecule has 0 amide bonds. The summed E-state index contributed by atoms with van der Waals surface area (Å²) in [7, 11) is 0. The fourth-order valence-electron chi connectivity index (χ4n) is 7.20. The Balaban J connectivity index is 1.22. The van der Waals surface area contributed by atoms with Gasteiger partial charge in [-0.05, 0) is 59.3 Å². The van der Waals surface area contributed by atoms with Crippen LogP contribution in [0, 0.1) is 0 Å². The number of para-hydroxylation sites is 3. The molecule has 0 N–H and O–H groups in total. The molecule has 3 heterocycles. The van der Waals surface area contributed by atoms with Gasteiger partial charge in [0.2, 0.25) is 0 Å². The summed E-state index contributed by atoms with van der Waals surface area (Å²) in [6.45, 7) is 0. The monoisotopic (exact) mass is 564 g/mol. The van der Waals surface area contributed by atoms with Crippen molar-refractivity contribution in [3.63, 3.8) is 0 Å². The van der Waals surface area contributed by atoms with Crippen LogP contribution in [0.25, 0.3) is 85.9 Å². The standard InChI is InChI=1S/C40H24N2S/c1-5-13-35-29(9-1)30-10-2-6-14-36(30)41(35)27-19-17-26-24-28(20-18-25(26)23-27)42-37-15-7-3-11-31(37)33-21-22-34-32-12-4-8-16-38(32)43-40(34)39(33)42/h1-24H. The van der Waals surface area contributed by atoms with Crippen molar-refractivity contribution in [3.05, 3.63) is 146 Å². The van der Waals surface area contributed by atoms with Gasteiger partial charge in [-0.1, -0.05) is 97.1 Å². The highest BCUT2D eigenvalue weighted by molar-refractivity contribution is 7.26. The SMILES string of the molecule is c1ccc2c(c1)sc1c2ccc2c3ccccc3n(-c3ccc4cc(-n5c6ccccc6c6ccccc65)ccc4c3)c21. The van der Waals surface area contributed by atoms with Gasteiger partial charge in [-0.2, -0.15) is 0 Å². The number of benzene rings is 7. The Labute approximate surface area is 251 Å². The number of thiophene rings is 1. The maximum absolute atomic E-state index is 2.47. The fraction of sp³-hybridized carbons (Fsp3) is 0. The zero-order chi connectivity index (χ0) is 28.1. The molecule has 10 aromatic rings. The number of fused-ring (bicyclic) bond motifs is 11. The van der Waals surface area contributed by atoms with Crippen LogP contribution in [-0.4, -0.2) is 9.13 Å². The lowest BCUT2D eigenvalue weighted by Gasteiger charge is -2.12. The molecule has 0 atom stereocenters. The molecule has 10 rings (SSSR count). The molecular weight excluding hydrogens is 541 g/mol. The summed E-state index contributed by atoms with van der Waals surface area (Å²) in [5.41, 5.74) is 7.37. The average Bonchev–Trinajstić information content (AvgIpc) is 3.72. The van der Waals surface area contributed by atoms with E-state index in [9.17, 15) is 0 Å². The third kappa shape index (κ3) is 3.17. The second-order valence-corrected chi connectivity index (χ2v) is 12.4. The van der Waals surface area contributed by atoms with Crippen LogP contribution in [0.3, 0.4) is 0 Å². The highest BCUT2D eigenvalue weighted by atomic mass is 32.1. The molecule has 200 valence electrons. The van der Waals surface area contributed by atoms with E-state index in [-0.39, 0.29) is 0 Å². The largest absolute Gasteiger partial charge is 0.309 e. The molecule has 0 spiro atoms. The summed E-state index contributed by atoms with van der Waals surface area (Å²) in [5, 5.41) is 10.3. The highest BCUT2D eigenvalue weighted by Crippen LogP contribution is 2.43. The van der Waals surface area contributed by atoms with E-state index in [4.69, 9.17) is 0 Å². The summed E-state index contributed by atoms with van der Waals surface area (Å²) >= 11 is 1.90. The molecule has 0 radical (unpaired) electrons. The fourth-order valence-corrected chi connectivity index (χ4v) is 8.44. The topological polar surface area (TPSA) is 9.86 Å². The van der Waals surface area contributed by atoms with Crippen LogP contribution in [0.15, 0.2) is 146 Å². The van der Waals surface area contributed by atoms with Crippen LogP contribution < -0.4 is 0 Å². The van der Waals surface area contributed by atoms with Crippen molar-refractivity contribution >= 4 is 85.9 Å². The van der Waals surface area contributed by atoms with Gasteiger partial charge in [-0.3, -0.25) is 0 Å². The molecule has 0 bridgehead atoms. The van der Waals surface area contributed by atoms with E-state index in [1.54, 1.807) is 0 Å². The van der Waals surface area contributed by atoms with Crippen molar-refractivity contribution in [2.45, 2.75) is 0 Å². The molecule has 0 fully saturated rings. The van der Waals surface area contributed by atoms with Crippen molar-refractivity contribution in [3.8, 4) is 11.4 Å². The lowest BCUT2D eigenvalue weighted by atomic mass is 10.1. The van der Waals surface area contributed by atoms with E-state index in [0.29, 0.717) is 0 Å². The zero-order valence-corrected chi connectivity index (χ0v) is 24.0. The summed E-state index contributed by atoms with van der Waals surface area (Å²) in [5.74, 6) is 0. The Kier molecular flexibility index (Phi) is 4.63. The summed E-state index contributed by atoms with van der Waals surface area (Å²) in [6.07, 6.45) is 0. The summed E-state index contributed by atoms with van der Waals surface area (Å²) in [6, 6.07) is 53.4. The molecule has 0 aliphatic rings. The van der Waals surface area contributed by atoms with Crippen LogP contribution in [0.1, 0.15) is 0 Å².